The molecule has 6 heteroatoms. The van der Waals surface area contributed by atoms with Crippen LogP contribution < -0.4 is 0 Å². The fraction of sp³-hybridized carbons (Fsp3) is 0.721. The summed E-state index contributed by atoms with van der Waals surface area (Å²) in [6.45, 7) is 6.51. The second-order valence-electron chi connectivity index (χ2n) is 20.6. The lowest BCUT2D eigenvalue weighted by molar-refractivity contribution is -0.167. The Labute approximate surface area is 457 Å². The molecule has 0 heterocycles. The number of unbranched alkanes of at least 4 members (excludes halogenated alkanes) is 29. The van der Waals surface area contributed by atoms with Crippen LogP contribution in [-0.4, -0.2) is 37.2 Å². The Hall–Kier alpha value is -3.67. The van der Waals surface area contributed by atoms with Crippen molar-refractivity contribution >= 4 is 17.9 Å². The first-order valence-electron chi connectivity index (χ1n) is 31.2. The zero-order chi connectivity index (χ0) is 53.6. The zero-order valence-corrected chi connectivity index (χ0v) is 48.6. The molecule has 0 radical (unpaired) electrons. The Balaban J connectivity index is 4.36. The van der Waals surface area contributed by atoms with E-state index in [2.05, 4.69) is 118 Å². The van der Waals surface area contributed by atoms with Crippen molar-refractivity contribution in [3.8, 4) is 0 Å². The van der Waals surface area contributed by atoms with E-state index in [-0.39, 0.29) is 31.1 Å². The van der Waals surface area contributed by atoms with Crippen LogP contribution in [0, 0.1) is 0 Å². The number of rotatable bonds is 56. The van der Waals surface area contributed by atoms with Crippen LogP contribution >= 0.6 is 0 Å². The molecular weight excluding hydrogens is 913 g/mol. The lowest BCUT2D eigenvalue weighted by Crippen LogP contribution is -2.30. The van der Waals surface area contributed by atoms with Gasteiger partial charge in [-0.25, -0.2) is 0 Å². The highest BCUT2D eigenvalue weighted by Crippen LogP contribution is 2.16. The summed E-state index contributed by atoms with van der Waals surface area (Å²) in [6.07, 6.45) is 82.6. The number of ether oxygens (including phenoxy) is 3. The third kappa shape index (κ3) is 59.2. The molecule has 0 saturated heterocycles. The van der Waals surface area contributed by atoms with Gasteiger partial charge in [-0.15, -0.1) is 0 Å². The largest absolute Gasteiger partial charge is 0.462 e. The molecular formula is C68H116O6. The van der Waals surface area contributed by atoms with Gasteiger partial charge in [0.15, 0.2) is 6.10 Å². The van der Waals surface area contributed by atoms with Crippen molar-refractivity contribution < 1.29 is 28.6 Å². The predicted octanol–water partition coefficient (Wildman–Crippen LogP) is 21.3. The van der Waals surface area contributed by atoms with Crippen LogP contribution in [-0.2, 0) is 28.6 Å². The van der Waals surface area contributed by atoms with Crippen LogP contribution in [0.4, 0.5) is 0 Å². The molecule has 0 aromatic rings. The summed E-state index contributed by atoms with van der Waals surface area (Å²) in [6, 6.07) is 0. The molecule has 0 aliphatic carbocycles. The molecule has 0 spiro atoms. The summed E-state index contributed by atoms with van der Waals surface area (Å²) in [5.74, 6) is -0.904. The normalized spacial score (nSPS) is 12.7. The molecule has 1 atom stereocenters. The topological polar surface area (TPSA) is 78.9 Å². The minimum absolute atomic E-state index is 0.0859. The van der Waals surface area contributed by atoms with Crippen molar-refractivity contribution in [3.63, 3.8) is 0 Å². The summed E-state index contributed by atoms with van der Waals surface area (Å²) in [7, 11) is 0. The van der Waals surface area contributed by atoms with Crippen LogP contribution in [0.15, 0.2) is 97.2 Å². The lowest BCUT2D eigenvalue weighted by Gasteiger charge is -2.18. The van der Waals surface area contributed by atoms with E-state index in [1.165, 1.54) is 128 Å². The van der Waals surface area contributed by atoms with Crippen LogP contribution in [0.25, 0.3) is 0 Å². The van der Waals surface area contributed by atoms with E-state index in [1.807, 2.05) is 0 Å². The van der Waals surface area contributed by atoms with E-state index >= 15 is 0 Å². The highest BCUT2D eigenvalue weighted by atomic mass is 16.6. The molecule has 0 aromatic carbocycles. The van der Waals surface area contributed by atoms with E-state index in [1.54, 1.807) is 0 Å². The van der Waals surface area contributed by atoms with E-state index < -0.39 is 6.10 Å². The van der Waals surface area contributed by atoms with Gasteiger partial charge in [-0.3, -0.25) is 14.4 Å². The van der Waals surface area contributed by atoms with Gasteiger partial charge in [-0.1, -0.05) is 272 Å². The molecule has 0 bridgehead atoms. The minimum Gasteiger partial charge on any atom is -0.462 e. The standard InChI is InChI=1S/C68H116O6/c1-4-7-10-13-16-19-22-25-27-29-30-31-32-33-34-35-36-37-38-39-41-43-46-49-52-55-58-61-67(70)73-64-65(63-72-66(69)60-57-54-51-48-45-42-24-21-18-15-12-9-6-3)74-68(71)62-59-56-53-50-47-44-40-28-26-23-20-17-14-11-8-5-2/h7,10,16,19,21,24-25,27,30-31,33-34,36-37,39,41,65H,4-6,8-9,11-15,17-18,20,22-23,26,28-29,32,35,38,40,42-64H2,1-3H3/b10-7-,19-16-,24-21-,27-25-,31-30-,34-33-,37-36-,41-39-. The SMILES string of the molecule is CC/C=C\C/C=C\C/C=C\C/C=C\C/C=C\C/C=C\C/C=C\CCCCCCCC(=O)OCC(COC(=O)CCCCCCC/C=C\CCCCCC)OC(=O)CCCCCCCCCCCCCCCCCC. The molecule has 0 amide bonds. The van der Waals surface area contributed by atoms with Gasteiger partial charge in [-0.05, 0) is 103 Å². The maximum Gasteiger partial charge on any atom is 0.306 e. The van der Waals surface area contributed by atoms with E-state index in [0.717, 1.165) is 128 Å². The first-order valence-corrected chi connectivity index (χ1v) is 31.2. The molecule has 0 N–H and O–H groups in total. The van der Waals surface area contributed by atoms with E-state index in [4.69, 9.17) is 14.2 Å². The molecule has 0 aliphatic heterocycles. The highest BCUT2D eigenvalue weighted by molar-refractivity contribution is 5.71. The van der Waals surface area contributed by atoms with Gasteiger partial charge in [0.1, 0.15) is 13.2 Å². The number of allylic oxidation sites excluding steroid dienone is 16. The summed E-state index contributed by atoms with van der Waals surface area (Å²) in [5.41, 5.74) is 0. The van der Waals surface area contributed by atoms with Gasteiger partial charge < -0.3 is 14.2 Å². The van der Waals surface area contributed by atoms with Crippen LogP contribution in [0.3, 0.4) is 0 Å². The van der Waals surface area contributed by atoms with Gasteiger partial charge in [0, 0.05) is 19.3 Å². The van der Waals surface area contributed by atoms with Gasteiger partial charge in [0.25, 0.3) is 0 Å². The highest BCUT2D eigenvalue weighted by Gasteiger charge is 2.19. The molecule has 6 nitrogen and oxygen atoms in total. The monoisotopic (exact) mass is 1030 g/mol. The molecule has 0 aliphatic rings. The van der Waals surface area contributed by atoms with Crippen molar-refractivity contribution in [2.24, 2.45) is 0 Å². The Morgan fingerprint density at radius 1 is 0.284 bits per heavy atom. The van der Waals surface area contributed by atoms with Crippen molar-refractivity contribution in [2.45, 2.75) is 303 Å². The zero-order valence-electron chi connectivity index (χ0n) is 48.6. The van der Waals surface area contributed by atoms with Gasteiger partial charge >= 0.3 is 17.9 Å². The second-order valence-corrected chi connectivity index (χ2v) is 20.6. The van der Waals surface area contributed by atoms with Gasteiger partial charge in [-0.2, -0.15) is 0 Å². The third-order valence-corrected chi connectivity index (χ3v) is 13.3. The molecule has 0 rings (SSSR count). The van der Waals surface area contributed by atoms with Crippen LogP contribution in [0.2, 0.25) is 0 Å². The van der Waals surface area contributed by atoms with Crippen LogP contribution in [0.1, 0.15) is 297 Å². The van der Waals surface area contributed by atoms with Crippen molar-refractivity contribution in [1.29, 1.82) is 0 Å². The van der Waals surface area contributed by atoms with E-state index in [9.17, 15) is 14.4 Å². The number of hydrogen-bond acceptors (Lipinski definition) is 6. The predicted molar refractivity (Wildman–Crippen MR) is 320 cm³/mol. The molecule has 0 fully saturated rings. The summed E-state index contributed by atoms with van der Waals surface area (Å²) >= 11 is 0. The Morgan fingerprint density at radius 2 is 0.527 bits per heavy atom. The quantitative estimate of drug-likeness (QED) is 0.0261. The average molecular weight is 1030 g/mol. The third-order valence-electron chi connectivity index (χ3n) is 13.3. The van der Waals surface area contributed by atoms with Gasteiger partial charge in [0.2, 0.25) is 0 Å². The first kappa shape index (κ1) is 70.3. The molecule has 0 aromatic heterocycles. The summed E-state index contributed by atoms with van der Waals surface area (Å²) < 4.78 is 16.9. The smallest absolute Gasteiger partial charge is 0.306 e. The van der Waals surface area contributed by atoms with Crippen LogP contribution in [0.5, 0.6) is 0 Å². The van der Waals surface area contributed by atoms with Crippen molar-refractivity contribution in [3.05, 3.63) is 97.2 Å². The van der Waals surface area contributed by atoms with Crippen molar-refractivity contribution in [1.82, 2.24) is 0 Å². The number of hydrogen-bond donors (Lipinski definition) is 0. The Bertz CT molecular complexity index is 1460. The Kier molecular flexibility index (Phi) is 58.8. The second kappa shape index (κ2) is 61.9. The Morgan fingerprint density at radius 3 is 0.851 bits per heavy atom. The number of carbonyl (C=O) groups excluding carboxylic acids is 3. The first-order chi connectivity index (χ1) is 36.5. The fourth-order valence-corrected chi connectivity index (χ4v) is 8.65. The maximum absolute atomic E-state index is 12.9. The molecule has 74 heavy (non-hydrogen) atoms. The summed E-state index contributed by atoms with van der Waals surface area (Å²) in [5, 5.41) is 0. The maximum atomic E-state index is 12.9. The minimum atomic E-state index is -0.788. The van der Waals surface area contributed by atoms with Crippen molar-refractivity contribution in [2.75, 3.05) is 13.2 Å². The number of esters is 3. The molecule has 1 unspecified atom stereocenters. The number of carbonyl (C=O) groups is 3. The average Bonchev–Trinajstić information content (AvgIpc) is 3.40. The molecule has 424 valence electrons. The molecule has 0 saturated carbocycles. The van der Waals surface area contributed by atoms with Gasteiger partial charge in [0.05, 0.1) is 0 Å². The lowest BCUT2D eigenvalue weighted by atomic mass is 10.0. The summed E-state index contributed by atoms with van der Waals surface area (Å²) in [4.78, 5) is 38.2. The fourth-order valence-electron chi connectivity index (χ4n) is 8.65. The van der Waals surface area contributed by atoms with E-state index in [0.29, 0.717) is 19.3 Å².